The van der Waals surface area contributed by atoms with Crippen molar-refractivity contribution >= 4 is 6.09 Å². The van der Waals surface area contributed by atoms with Crippen LogP contribution in [0.2, 0.25) is 0 Å². The predicted molar refractivity (Wildman–Crippen MR) is 71.0 cm³/mol. The normalized spacial score (nSPS) is 17.6. The molecule has 0 aromatic heterocycles. The van der Waals surface area contributed by atoms with Crippen LogP contribution in [0.25, 0.3) is 4.85 Å². The van der Waals surface area contributed by atoms with Crippen LogP contribution in [-0.2, 0) is 11.3 Å². The summed E-state index contributed by atoms with van der Waals surface area (Å²) in [6.45, 7) is 8.25. The predicted octanol–water partition coefficient (Wildman–Crippen LogP) is 1.99. The smallest absolute Gasteiger partial charge is 0.410 e. The molecule has 5 heteroatoms. The number of nitrogens with zero attached hydrogens (tertiary/aromatic N) is 2. The minimum Gasteiger partial charge on any atom is -0.445 e. The van der Waals surface area contributed by atoms with Crippen LogP contribution in [0, 0.1) is 6.57 Å². The van der Waals surface area contributed by atoms with E-state index in [2.05, 4.69) is 4.85 Å². The average Bonchev–Trinajstić information content (AvgIpc) is 2.47. The van der Waals surface area contributed by atoms with Crippen LogP contribution < -0.4 is 5.73 Å². The summed E-state index contributed by atoms with van der Waals surface area (Å²) in [5, 5.41) is 0. The van der Waals surface area contributed by atoms with Crippen LogP contribution in [0.5, 0.6) is 0 Å². The Morgan fingerprint density at radius 3 is 2.58 bits per heavy atom. The molecule has 1 saturated heterocycles. The fourth-order valence-electron chi connectivity index (χ4n) is 2.00. The van der Waals surface area contributed by atoms with Crippen LogP contribution >= 0.6 is 0 Å². The zero-order valence-corrected chi connectivity index (χ0v) is 10.7. The molecule has 1 aromatic carbocycles. The van der Waals surface area contributed by atoms with E-state index in [1.54, 1.807) is 4.90 Å². The minimum absolute atomic E-state index is 0.271. The van der Waals surface area contributed by atoms with Gasteiger partial charge in [-0.05, 0) is 5.56 Å². The lowest BCUT2D eigenvalue weighted by Gasteiger charge is -2.30. The van der Waals surface area contributed by atoms with Crippen molar-refractivity contribution in [2.24, 2.45) is 5.73 Å². The SMILES string of the molecule is [C-]#[N+]C1(N)CCN(C(=O)OCc2ccccc2)CC1. The maximum atomic E-state index is 11.9. The van der Waals surface area contributed by atoms with E-state index in [0.717, 1.165) is 5.56 Å². The summed E-state index contributed by atoms with van der Waals surface area (Å²) >= 11 is 0. The minimum atomic E-state index is -0.809. The quantitative estimate of drug-likeness (QED) is 0.826. The van der Waals surface area contributed by atoms with Gasteiger partial charge in [0.25, 0.3) is 5.66 Å². The van der Waals surface area contributed by atoms with Gasteiger partial charge in [0.05, 0.1) is 12.8 Å². The van der Waals surface area contributed by atoms with Gasteiger partial charge in [0.15, 0.2) is 0 Å². The Morgan fingerprint density at radius 2 is 2.00 bits per heavy atom. The molecule has 5 nitrogen and oxygen atoms in total. The number of rotatable bonds is 2. The molecule has 0 atom stereocenters. The van der Waals surface area contributed by atoms with Crippen molar-refractivity contribution in [1.82, 2.24) is 4.90 Å². The van der Waals surface area contributed by atoms with Crippen molar-refractivity contribution in [3.05, 3.63) is 47.3 Å². The fraction of sp³-hybridized carbons (Fsp3) is 0.429. The van der Waals surface area contributed by atoms with Crippen molar-refractivity contribution in [2.75, 3.05) is 13.1 Å². The Balaban J connectivity index is 1.81. The number of carbonyl (C=O) groups is 1. The Labute approximate surface area is 112 Å². The Hall–Kier alpha value is -2.06. The van der Waals surface area contributed by atoms with Crippen LogP contribution in [0.4, 0.5) is 4.79 Å². The lowest BCUT2D eigenvalue weighted by Crippen LogP contribution is -2.49. The second-order valence-corrected chi connectivity index (χ2v) is 4.74. The van der Waals surface area contributed by atoms with E-state index in [0.29, 0.717) is 25.9 Å². The molecule has 2 N–H and O–H groups in total. The molecule has 1 fully saturated rings. The van der Waals surface area contributed by atoms with E-state index >= 15 is 0 Å². The average molecular weight is 259 g/mol. The highest BCUT2D eigenvalue weighted by molar-refractivity contribution is 5.67. The molecular weight excluding hydrogens is 242 g/mol. The lowest BCUT2D eigenvalue weighted by molar-refractivity contribution is 0.0825. The van der Waals surface area contributed by atoms with Gasteiger partial charge in [-0.1, -0.05) is 30.3 Å². The van der Waals surface area contributed by atoms with Gasteiger partial charge in [-0.3, -0.25) is 10.6 Å². The number of piperidine rings is 1. The highest BCUT2D eigenvalue weighted by Gasteiger charge is 2.37. The van der Waals surface area contributed by atoms with Gasteiger partial charge >= 0.3 is 6.09 Å². The first-order chi connectivity index (χ1) is 9.13. The zero-order valence-electron chi connectivity index (χ0n) is 10.7. The molecule has 1 aliphatic heterocycles. The number of hydrogen-bond acceptors (Lipinski definition) is 3. The summed E-state index contributed by atoms with van der Waals surface area (Å²) in [6.07, 6.45) is 0.657. The molecule has 19 heavy (non-hydrogen) atoms. The molecule has 1 aromatic rings. The second kappa shape index (κ2) is 5.72. The van der Waals surface area contributed by atoms with Gasteiger partial charge in [0.1, 0.15) is 6.61 Å². The largest absolute Gasteiger partial charge is 0.445 e. The lowest BCUT2D eigenvalue weighted by atomic mass is 9.99. The van der Waals surface area contributed by atoms with Crippen molar-refractivity contribution < 1.29 is 9.53 Å². The molecule has 2 rings (SSSR count). The van der Waals surface area contributed by atoms with Crippen LogP contribution in [-0.4, -0.2) is 29.7 Å². The van der Waals surface area contributed by atoms with Gasteiger partial charge in [-0.2, -0.15) is 0 Å². The van der Waals surface area contributed by atoms with Crippen molar-refractivity contribution in [1.29, 1.82) is 0 Å². The van der Waals surface area contributed by atoms with E-state index in [4.69, 9.17) is 17.0 Å². The monoisotopic (exact) mass is 259 g/mol. The van der Waals surface area contributed by atoms with Crippen LogP contribution in [0.1, 0.15) is 18.4 Å². The topological polar surface area (TPSA) is 59.9 Å². The molecule has 0 bridgehead atoms. The first-order valence-corrected chi connectivity index (χ1v) is 6.26. The molecule has 100 valence electrons. The molecule has 1 amide bonds. The van der Waals surface area contributed by atoms with Crippen molar-refractivity contribution in [2.45, 2.75) is 25.1 Å². The molecule has 0 unspecified atom stereocenters. The van der Waals surface area contributed by atoms with E-state index in [1.165, 1.54) is 0 Å². The van der Waals surface area contributed by atoms with Gasteiger partial charge in [0, 0.05) is 13.1 Å². The third kappa shape index (κ3) is 3.46. The molecule has 0 saturated carbocycles. The van der Waals surface area contributed by atoms with Crippen molar-refractivity contribution in [3.8, 4) is 0 Å². The van der Waals surface area contributed by atoms with Gasteiger partial charge in [-0.15, -0.1) is 0 Å². The summed E-state index contributed by atoms with van der Waals surface area (Å²) in [5.74, 6) is 0. The summed E-state index contributed by atoms with van der Waals surface area (Å²) in [6, 6.07) is 9.55. The van der Waals surface area contributed by atoms with Gasteiger partial charge < -0.3 is 9.64 Å². The Kier molecular flexibility index (Phi) is 4.03. The number of likely N-dealkylation sites (tertiary alicyclic amines) is 1. The fourth-order valence-corrected chi connectivity index (χ4v) is 2.00. The summed E-state index contributed by atoms with van der Waals surface area (Å²) in [5.41, 5.74) is 6.00. The number of benzene rings is 1. The van der Waals surface area contributed by atoms with E-state index < -0.39 is 5.66 Å². The first-order valence-electron chi connectivity index (χ1n) is 6.26. The number of nitrogens with two attached hydrogens (primary N) is 1. The number of amides is 1. The molecule has 1 aliphatic rings. The number of ether oxygens (including phenoxy) is 1. The number of carbonyl (C=O) groups excluding carboxylic acids is 1. The van der Waals surface area contributed by atoms with E-state index in [-0.39, 0.29) is 12.7 Å². The van der Waals surface area contributed by atoms with Crippen LogP contribution in [0.15, 0.2) is 30.3 Å². The number of hydrogen-bond donors (Lipinski definition) is 1. The Bertz CT molecular complexity index is 473. The molecule has 0 radical (unpaired) electrons. The molecule has 1 heterocycles. The van der Waals surface area contributed by atoms with Crippen molar-refractivity contribution in [3.63, 3.8) is 0 Å². The van der Waals surface area contributed by atoms with Gasteiger partial charge in [0.2, 0.25) is 0 Å². The van der Waals surface area contributed by atoms with Gasteiger partial charge in [-0.25, -0.2) is 11.4 Å². The maximum absolute atomic E-state index is 11.9. The second-order valence-electron chi connectivity index (χ2n) is 4.74. The third-order valence-electron chi connectivity index (χ3n) is 3.32. The standard InChI is InChI=1S/C14H17N3O2/c1-16-14(15)7-9-17(10-8-14)13(18)19-11-12-5-3-2-4-6-12/h2-6H,7-11,15H2. The van der Waals surface area contributed by atoms with E-state index in [9.17, 15) is 4.79 Å². The molecule has 0 spiro atoms. The zero-order chi connectivity index (χ0) is 13.7. The van der Waals surface area contributed by atoms with E-state index in [1.807, 2.05) is 30.3 Å². The summed E-state index contributed by atoms with van der Waals surface area (Å²) in [7, 11) is 0. The highest BCUT2D eigenvalue weighted by atomic mass is 16.6. The first kappa shape index (κ1) is 13.4. The molecule has 0 aliphatic carbocycles. The highest BCUT2D eigenvalue weighted by Crippen LogP contribution is 2.21. The summed E-state index contributed by atoms with van der Waals surface area (Å²) < 4.78 is 5.24. The third-order valence-corrected chi connectivity index (χ3v) is 3.32. The van der Waals surface area contributed by atoms with Crippen LogP contribution in [0.3, 0.4) is 0 Å². The summed E-state index contributed by atoms with van der Waals surface area (Å²) in [4.78, 5) is 16.9. The molecular formula is C14H17N3O2. The maximum Gasteiger partial charge on any atom is 0.410 e. The Morgan fingerprint density at radius 1 is 1.37 bits per heavy atom.